The van der Waals surface area contributed by atoms with E-state index in [-0.39, 0.29) is 96.4 Å². The number of ether oxygens (including phenoxy) is 4. The van der Waals surface area contributed by atoms with Gasteiger partial charge in [0.05, 0.1) is 74.2 Å². The van der Waals surface area contributed by atoms with Gasteiger partial charge in [0.2, 0.25) is 24.1 Å². The van der Waals surface area contributed by atoms with Crippen LogP contribution in [0, 0.1) is 0 Å². The van der Waals surface area contributed by atoms with Crippen molar-refractivity contribution in [1.29, 1.82) is 0 Å². The second-order valence-corrected chi connectivity index (χ2v) is 50.0. The van der Waals surface area contributed by atoms with E-state index in [0.717, 1.165) is 42.1 Å². The van der Waals surface area contributed by atoms with Crippen LogP contribution >= 0.6 is 76.2 Å². The number of nitrogens with zero attached hydrogens (tertiary/aromatic N) is 20. The number of rotatable bonds is 6. The second-order valence-electron chi connectivity index (χ2n) is 30.5. The lowest BCUT2D eigenvalue weighted by Crippen LogP contribution is -2.41. The first-order valence-electron chi connectivity index (χ1n) is 38.9. The predicted molar refractivity (Wildman–Crippen MR) is 479 cm³/mol. The molecule has 9 aliphatic rings. The highest BCUT2D eigenvalue weighted by molar-refractivity contribution is 8.44. The lowest BCUT2D eigenvalue weighted by molar-refractivity contribution is -0.135. The van der Waals surface area contributed by atoms with Gasteiger partial charge in [-0.1, -0.05) is 27.9 Å². The third-order valence-electron chi connectivity index (χ3n) is 21.8. The number of H-pyrrole nitrogens is 3. The smallest absolute Gasteiger partial charge is 0.386 e. The average molecular weight is 2180 g/mol. The zero-order valence-corrected chi connectivity index (χ0v) is 79.2. The van der Waals surface area contributed by atoms with Crippen LogP contribution in [0.2, 0.25) is 0 Å². The Labute approximate surface area is 789 Å². The molecule has 9 aliphatic heterocycles. The maximum absolute atomic E-state index is 16.1. The van der Waals surface area contributed by atoms with E-state index >= 15 is 30.7 Å². The molecule has 0 amide bonds. The number of fused-ring (bicyclic) bond motifs is 15. The summed E-state index contributed by atoms with van der Waals surface area (Å²) in [7, 11) is 0. The van der Waals surface area contributed by atoms with E-state index in [1.165, 1.54) is 70.8 Å². The lowest BCUT2D eigenvalue weighted by atomic mass is 10.1. The van der Waals surface area contributed by atoms with Crippen LogP contribution in [0.1, 0.15) is 35.7 Å². The number of alkyl halides is 7. The Balaban J connectivity index is 0.000000131. The molecule has 0 aliphatic carbocycles. The van der Waals surface area contributed by atoms with Crippen molar-refractivity contribution in [1.82, 2.24) is 114 Å². The average Bonchev–Trinajstić information content (AvgIpc) is 1.57. The fourth-order valence-corrected chi connectivity index (χ4v) is 27.6. The number of aromatic nitrogens is 23. The van der Waals surface area contributed by atoms with Gasteiger partial charge in [-0.2, -0.15) is 37.8 Å². The van der Waals surface area contributed by atoms with E-state index in [9.17, 15) is 43.4 Å². The fourth-order valence-electron chi connectivity index (χ4n) is 15.7. The van der Waals surface area contributed by atoms with Crippen molar-refractivity contribution in [2.45, 2.75) is 144 Å². The molecule has 0 radical (unpaired) electrons. The van der Waals surface area contributed by atoms with Gasteiger partial charge in [-0.3, -0.25) is 70.1 Å². The number of hydrogen-bond acceptors (Lipinski definition) is 47. The third-order valence-corrected chi connectivity index (χ3v) is 34.3. The summed E-state index contributed by atoms with van der Waals surface area (Å²) in [5.74, 6) is -4.68. The summed E-state index contributed by atoms with van der Waals surface area (Å²) >= 11 is 31.5. The summed E-state index contributed by atoms with van der Waals surface area (Å²) in [5, 5.41) is 19.3. The molecular formula is C61H66F7N29O25P6S8. The number of nitrogens with one attached hydrogen (secondary N) is 3. The van der Waals surface area contributed by atoms with Crippen molar-refractivity contribution in [2.24, 2.45) is 0 Å². The number of halogens is 7. The first kappa shape index (κ1) is 97.6. The van der Waals surface area contributed by atoms with E-state index in [1.807, 2.05) is 0 Å². The number of anilines is 6. The quantitative estimate of drug-likeness (QED) is 0.0646. The van der Waals surface area contributed by atoms with Crippen LogP contribution in [0.3, 0.4) is 0 Å². The Morgan fingerprint density at radius 3 is 1.33 bits per heavy atom. The van der Waals surface area contributed by atoms with E-state index in [1.54, 1.807) is 0 Å². The molecule has 9 saturated heterocycles. The van der Waals surface area contributed by atoms with Crippen molar-refractivity contribution < 1.29 is 133 Å². The van der Waals surface area contributed by atoms with Crippen molar-refractivity contribution in [3.8, 4) is 0 Å². The van der Waals surface area contributed by atoms with Gasteiger partial charge in [-0.15, -0.1) is 38.8 Å². The van der Waals surface area contributed by atoms with Crippen LogP contribution in [0.5, 0.6) is 0 Å². The highest BCUT2D eigenvalue weighted by atomic mass is 32.7. The molecule has 29 atom stereocenters. The first-order valence-corrected chi connectivity index (χ1v) is 56.4. The van der Waals surface area contributed by atoms with E-state index in [4.69, 9.17) is 167 Å². The van der Waals surface area contributed by atoms with Gasteiger partial charge in [0, 0.05) is 35.9 Å². The number of imidazole rings is 2. The van der Waals surface area contributed by atoms with Gasteiger partial charge in [0.1, 0.15) is 83.7 Å². The summed E-state index contributed by atoms with van der Waals surface area (Å²) in [6, 6.07) is 5.92. The van der Waals surface area contributed by atoms with Crippen molar-refractivity contribution in [2.75, 3.05) is 74.0 Å². The zero-order chi connectivity index (χ0) is 96.4. The maximum atomic E-state index is 16.1. The molecule has 9 fully saturated rings. The standard InChI is InChI=1S/C21H22F3N9O9P2S2.2C20H22F2N10O8P2S3/c22-11-9-5-37-44(36,46)42-14-10(40-19(21(14,23)24)32-4-2-7-8(25)1-3-27-15(7)32)6-38-43(35,45)41-13(11)18(39-9)33-16-12(30-31-33)17(34)29-20(26)28-16;2*21-9-8-4-37-42(35,44)39-13-7(38-18(10(13)22)32-15-11(29-30-32)6(23)1-2-25-15)3-36-41(34,43)40-14(9)19(45-8)31-5-26-12-16(31)27-20(24)28-17(12)33/h1-4,9-11,13-14,18-19H,5-6H2,(H2,25,27)(H,35,45)(H,36,46)(H3,26,28,29,34);2*1-2,5,7-10,13-14,18-19H,3-4H2,(H2,23,25)(H,34,43)(H,35,44)(H3,24,27,28,33)/t9-,10-,11+,13-,14-,18-,19-,43?,44?;2*7-,8-,9-,10+,13-,14-,18-,19-,41?,42?/m111/s1. The first-order chi connectivity index (χ1) is 64.3. The van der Waals surface area contributed by atoms with Gasteiger partial charge < -0.3 is 105 Å². The van der Waals surface area contributed by atoms with Crippen LogP contribution in [0.4, 0.5) is 65.6 Å². The summed E-state index contributed by atoms with van der Waals surface area (Å²) in [6.45, 7) is -30.5. The molecule has 6 bridgehead atoms. The molecule has 732 valence electrons. The molecular weight excluding hydrogens is 2110 g/mol. The molecule has 54 nitrogen and oxygen atoms in total. The number of nitrogen functional groups attached to an aromatic ring is 6. The van der Waals surface area contributed by atoms with Crippen LogP contribution in [0.25, 0.3) is 66.9 Å². The van der Waals surface area contributed by atoms with Crippen molar-refractivity contribution in [3.63, 3.8) is 0 Å². The number of nitrogens with two attached hydrogens (primary N) is 6. The highest BCUT2D eigenvalue weighted by Crippen LogP contribution is 2.64. The van der Waals surface area contributed by atoms with Crippen LogP contribution in [-0.4, -0.2) is 286 Å². The maximum Gasteiger partial charge on any atom is 0.386 e. The summed E-state index contributed by atoms with van der Waals surface area (Å²) in [5.41, 5.74) is 33.5. The minimum absolute atomic E-state index is 0.00621. The number of pyridine rings is 3. The SMILES string of the molecule is Nc1nc2c(ncn2[C@@H]2S[C@@H]3COP(=O)(S)O[C@H]4[C@H](F)[C@H](n5nnc6c(N)ccnc65)O[C@@H]4COP(O)(=S)O[C@@H]2[C@@H]3F)c(=O)[nH]1.Nc1nc2c(ncn2[C@@H]2S[C@@H]3COP(O)(=S)O[C@H]4[C@H](F)[C@H](n5nnc6c(N)ccnc65)O[C@@H]4COP(O)(=S)O[C@@H]2[C@@H]3F)c(=O)[nH]1.Nc1nc2c(nnn2[C@@H]2O[C@@H]3COP(O)(=S)O[C@@H]4[C@@H](COP(O)(=S)O[C@@H]2[C@H]3F)O[C@@H](n2ccc3c(N)ccnc32)C4(F)F)c(=O)[nH]1. The van der Waals surface area contributed by atoms with Crippen LogP contribution in [0.15, 0.2) is 76.1 Å². The summed E-state index contributed by atoms with van der Waals surface area (Å²) in [4.78, 5) is 131. The molecule has 12 aromatic heterocycles. The Hall–Kier alpha value is -7.23. The van der Waals surface area contributed by atoms with Crippen LogP contribution < -0.4 is 51.1 Å². The third kappa shape index (κ3) is 18.8. The topological polar surface area (TPSA) is 731 Å². The number of hydrogen-bond donors (Lipinski definition) is 15. The normalized spacial score (nSPS) is 37.3. The number of aromatic amines is 3. The Bertz CT molecular complexity index is 6950. The Morgan fingerprint density at radius 2 is 0.824 bits per heavy atom. The largest absolute Gasteiger partial charge is 0.398 e. The molecule has 0 saturated carbocycles. The minimum Gasteiger partial charge on any atom is -0.398 e. The lowest BCUT2D eigenvalue weighted by Gasteiger charge is -2.28. The van der Waals surface area contributed by atoms with E-state index in [2.05, 4.69) is 98.0 Å². The molecule has 0 spiro atoms. The second kappa shape index (κ2) is 36.9. The van der Waals surface area contributed by atoms with Crippen LogP contribution in [-0.2, 0) is 137 Å². The minimum atomic E-state index is -4.59. The van der Waals surface area contributed by atoms with Gasteiger partial charge >= 0.3 is 46.3 Å². The zero-order valence-electron chi connectivity index (χ0n) is 67.2. The van der Waals surface area contributed by atoms with E-state index in [0.29, 0.717) is 5.39 Å². The Morgan fingerprint density at radius 1 is 0.426 bits per heavy atom. The number of thiol groups is 1. The van der Waals surface area contributed by atoms with Gasteiger partial charge in [-0.25, -0.2) is 51.4 Å². The van der Waals surface area contributed by atoms with Gasteiger partial charge in [0.15, 0.2) is 99.1 Å². The van der Waals surface area contributed by atoms with Gasteiger partial charge in [0.25, 0.3) is 16.7 Å². The van der Waals surface area contributed by atoms with Gasteiger partial charge in [-0.05, 0) is 83.3 Å². The highest BCUT2D eigenvalue weighted by Gasteiger charge is 2.64. The predicted octanol–water partition coefficient (Wildman–Crippen LogP) is 2.69. The molecule has 20 N–H and O–H groups in total. The molecule has 21 rings (SSSR count). The molecule has 0 aromatic carbocycles. The Kier molecular flexibility index (Phi) is 26.5. The van der Waals surface area contributed by atoms with Crippen molar-refractivity contribution >= 4 is 237 Å². The summed E-state index contributed by atoms with van der Waals surface area (Å²) < 4.78 is 221. The molecule has 12 aromatic rings. The molecule has 75 heteroatoms. The molecule has 6 unspecified atom stereocenters. The molecule has 21 heterocycles. The molecule has 136 heavy (non-hydrogen) atoms. The monoisotopic (exact) mass is 2180 g/mol. The number of thioether (sulfide) groups is 2. The van der Waals surface area contributed by atoms with Crippen molar-refractivity contribution in [3.05, 3.63) is 92.8 Å². The summed E-state index contributed by atoms with van der Waals surface area (Å²) in [6.07, 6.45) is -25.5. The van der Waals surface area contributed by atoms with E-state index < -0.39 is 241 Å². The fraction of sp³-hybridized carbons (Fsp3) is 0.492.